The second kappa shape index (κ2) is 6.17. The molecule has 1 aliphatic rings. The Balaban J connectivity index is 0.00000144. The minimum absolute atomic E-state index is 0. The molecule has 17 heavy (non-hydrogen) atoms. The normalized spacial score (nSPS) is 16.8. The van der Waals surface area contributed by atoms with Gasteiger partial charge in [0.15, 0.2) is 0 Å². The molecule has 0 unspecified atom stereocenters. The van der Waals surface area contributed by atoms with Crippen molar-refractivity contribution in [1.29, 1.82) is 0 Å². The Bertz CT molecular complexity index is 362. The Morgan fingerprint density at radius 2 is 2.00 bits per heavy atom. The first-order valence-corrected chi connectivity index (χ1v) is 5.98. The van der Waals surface area contributed by atoms with Crippen molar-refractivity contribution in [3.8, 4) is 0 Å². The van der Waals surface area contributed by atoms with E-state index >= 15 is 0 Å². The van der Waals surface area contributed by atoms with Crippen molar-refractivity contribution in [3.63, 3.8) is 0 Å². The molecule has 2 N–H and O–H groups in total. The number of hydrogen-bond acceptors (Lipinski definition) is 4. The molecule has 0 spiro atoms. The van der Waals surface area contributed by atoms with Crippen LogP contribution in [-0.4, -0.2) is 23.1 Å². The van der Waals surface area contributed by atoms with Crippen LogP contribution in [0.3, 0.4) is 0 Å². The Hall–Kier alpha value is -0.870. The van der Waals surface area contributed by atoms with Gasteiger partial charge in [-0.25, -0.2) is 9.97 Å². The summed E-state index contributed by atoms with van der Waals surface area (Å²) in [5.41, 5.74) is 7.57. The van der Waals surface area contributed by atoms with Gasteiger partial charge in [-0.1, -0.05) is 6.92 Å². The number of hydrogen-bond donors (Lipinski definition) is 1. The number of aromatic nitrogens is 2. The molecule has 0 saturated carbocycles. The fourth-order valence-electron chi connectivity index (χ4n) is 2.07. The first kappa shape index (κ1) is 14.2. The summed E-state index contributed by atoms with van der Waals surface area (Å²) in [7, 11) is 0. The highest BCUT2D eigenvalue weighted by atomic mass is 35.5. The van der Waals surface area contributed by atoms with E-state index in [9.17, 15) is 0 Å². The average Bonchev–Trinajstić information content (AvgIpc) is 2.29. The van der Waals surface area contributed by atoms with Crippen molar-refractivity contribution in [2.24, 2.45) is 11.7 Å². The van der Waals surface area contributed by atoms with E-state index in [0.29, 0.717) is 6.54 Å². The van der Waals surface area contributed by atoms with E-state index in [1.54, 1.807) is 0 Å². The van der Waals surface area contributed by atoms with E-state index in [1.807, 2.05) is 13.0 Å². The molecule has 0 aromatic carbocycles. The van der Waals surface area contributed by atoms with Crippen LogP contribution in [0.5, 0.6) is 0 Å². The molecule has 0 atom stereocenters. The number of anilines is 1. The van der Waals surface area contributed by atoms with Crippen LogP contribution < -0.4 is 10.6 Å². The third-order valence-electron chi connectivity index (χ3n) is 3.17. The van der Waals surface area contributed by atoms with Gasteiger partial charge in [0.1, 0.15) is 0 Å². The smallest absolute Gasteiger partial charge is 0.225 e. The van der Waals surface area contributed by atoms with E-state index in [0.717, 1.165) is 36.3 Å². The van der Waals surface area contributed by atoms with Gasteiger partial charge in [-0.05, 0) is 31.7 Å². The van der Waals surface area contributed by atoms with Crippen molar-refractivity contribution in [2.75, 3.05) is 18.0 Å². The van der Waals surface area contributed by atoms with E-state index in [1.165, 1.54) is 12.8 Å². The van der Waals surface area contributed by atoms with Crippen molar-refractivity contribution in [2.45, 2.75) is 33.2 Å². The lowest BCUT2D eigenvalue weighted by atomic mass is 10.00. The number of nitrogens with two attached hydrogens (primary N) is 1. The van der Waals surface area contributed by atoms with Crippen molar-refractivity contribution in [3.05, 3.63) is 17.5 Å². The first-order chi connectivity index (χ1) is 7.69. The van der Waals surface area contributed by atoms with Crippen LogP contribution in [0.1, 0.15) is 31.2 Å². The minimum Gasteiger partial charge on any atom is -0.341 e. The molecule has 1 aromatic rings. The molecule has 0 aliphatic carbocycles. The molecule has 1 aromatic heterocycles. The fraction of sp³-hybridized carbons (Fsp3) is 0.667. The van der Waals surface area contributed by atoms with Gasteiger partial charge in [-0.2, -0.15) is 0 Å². The van der Waals surface area contributed by atoms with E-state index < -0.39 is 0 Å². The zero-order valence-corrected chi connectivity index (χ0v) is 11.3. The van der Waals surface area contributed by atoms with Gasteiger partial charge in [-0.3, -0.25) is 0 Å². The van der Waals surface area contributed by atoms with Gasteiger partial charge in [0, 0.05) is 25.3 Å². The number of piperidine rings is 1. The molecule has 0 radical (unpaired) electrons. The molecule has 96 valence electrons. The molecule has 1 saturated heterocycles. The molecule has 2 heterocycles. The van der Waals surface area contributed by atoms with Crippen molar-refractivity contribution >= 4 is 18.4 Å². The van der Waals surface area contributed by atoms with Gasteiger partial charge in [0.25, 0.3) is 0 Å². The van der Waals surface area contributed by atoms with Crippen LogP contribution in [0.4, 0.5) is 5.95 Å². The van der Waals surface area contributed by atoms with Crippen LogP contribution >= 0.6 is 12.4 Å². The topological polar surface area (TPSA) is 55.0 Å². The van der Waals surface area contributed by atoms with Gasteiger partial charge < -0.3 is 10.6 Å². The molecule has 2 rings (SSSR count). The monoisotopic (exact) mass is 256 g/mol. The maximum Gasteiger partial charge on any atom is 0.225 e. The zero-order chi connectivity index (χ0) is 11.5. The zero-order valence-electron chi connectivity index (χ0n) is 10.5. The number of halogens is 1. The highest BCUT2D eigenvalue weighted by Gasteiger charge is 2.18. The summed E-state index contributed by atoms with van der Waals surface area (Å²) in [6.07, 6.45) is 2.46. The Labute approximate surface area is 109 Å². The summed E-state index contributed by atoms with van der Waals surface area (Å²) in [4.78, 5) is 11.3. The summed E-state index contributed by atoms with van der Waals surface area (Å²) in [6.45, 7) is 6.92. The predicted molar refractivity (Wildman–Crippen MR) is 72.5 cm³/mol. The minimum atomic E-state index is 0. The quantitative estimate of drug-likeness (QED) is 0.878. The molecule has 0 bridgehead atoms. The second-order valence-electron chi connectivity index (χ2n) is 4.67. The largest absolute Gasteiger partial charge is 0.341 e. The molecule has 1 fully saturated rings. The van der Waals surface area contributed by atoms with E-state index in [4.69, 9.17) is 5.73 Å². The number of aryl methyl sites for hydroxylation is 1. The molecular weight excluding hydrogens is 236 g/mol. The lowest BCUT2D eigenvalue weighted by Gasteiger charge is -2.30. The fourth-order valence-corrected chi connectivity index (χ4v) is 2.07. The van der Waals surface area contributed by atoms with E-state index in [2.05, 4.69) is 21.8 Å². The summed E-state index contributed by atoms with van der Waals surface area (Å²) >= 11 is 0. The lowest BCUT2D eigenvalue weighted by Crippen LogP contribution is -2.34. The van der Waals surface area contributed by atoms with Crippen LogP contribution in [0.15, 0.2) is 6.07 Å². The van der Waals surface area contributed by atoms with Gasteiger partial charge in [-0.15, -0.1) is 12.4 Å². The summed E-state index contributed by atoms with van der Waals surface area (Å²) in [6, 6.07) is 1.95. The summed E-state index contributed by atoms with van der Waals surface area (Å²) in [5, 5.41) is 0. The average molecular weight is 257 g/mol. The first-order valence-electron chi connectivity index (χ1n) is 5.98. The van der Waals surface area contributed by atoms with Crippen molar-refractivity contribution < 1.29 is 0 Å². The molecule has 1 aliphatic heterocycles. The lowest BCUT2D eigenvalue weighted by molar-refractivity contribution is 0.434. The standard InChI is InChI=1S/C12H20N4.ClH/c1-9-3-5-16(6-4-9)12-14-10(2)7-11(8-13)15-12;/h7,9H,3-6,8,13H2,1-2H3;1H. The highest BCUT2D eigenvalue weighted by molar-refractivity contribution is 5.85. The third kappa shape index (κ3) is 3.54. The van der Waals surface area contributed by atoms with Crippen LogP contribution in [-0.2, 0) is 6.54 Å². The van der Waals surface area contributed by atoms with Crippen LogP contribution in [0.25, 0.3) is 0 Å². The Morgan fingerprint density at radius 3 is 2.59 bits per heavy atom. The van der Waals surface area contributed by atoms with Gasteiger partial charge >= 0.3 is 0 Å². The predicted octanol–water partition coefficient (Wildman–Crippen LogP) is 1.90. The second-order valence-corrected chi connectivity index (χ2v) is 4.67. The number of rotatable bonds is 2. The van der Waals surface area contributed by atoms with Crippen molar-refractivity contribution in [1.82, 2.24) is 9.97 Å². The summed E-state index contributed by atoms with van der Waals surface area (Å²) in [5.74, 6) is 1.68. The third-order valence-corrected chi connectivity index (χ3v) is 3.17. The Morgan fingerprint density at radius 1 is 1.35 bits per heavy atom. The SMILES string of the molecule is Cc1cc(CN)nc(N2CCC(C)CC2)n1.Cl. The van der Waals surface area contributed by atoms with Gasteiger partial charge in [0.2, 0.25) is 5.95 Å². The molecule has 0 amide bonds. The van der Waals surface area contributed by atoms with E-state index in [-0.39, 0.29) is 12.4 Å². The summed E-state index contributed by atoms with van der Waals surface area (Å²) < 4.78 is 0. The highest BCUT2D eigenvalue weighted by Crippen LogP contribution is 2.20. The van der Waals surface area contributed by atoms with Crippen LogP contribution in [0.2, 0.25) is 0 Å². The number of nitrogens with zero attached hydrogens (tertiary/aromatic N) is 3. The maximum absolute atomic E-state index is 5.63. The molecule has 4 nitrogen and oxygen atoms in total. The maximum atomic E-state index is 5.63. The Kier molecular flexibility index (Phi) is 5.15. The van der Waals surface area contributed by atoms with Gasteiger partial charge in [0.05, 0.1) is 5.69 Å². The molecular formula is C12H21ClN4. The van der Waals surface area contributed by atoms with Crippen LogP contribution in [0, 0.1) is 12.8 Å². The molecule has 5 heteroatoms.